The van der Waals surface area contributed by atoms with Crippen LogP contribution in [0.4, 0.5) is 0 Å². The molecule has 52 valence electrons. The summed E-state index contributed by atoms with van der Waals surface area (Å²) in [6.07, 6.45) is 5.35. The lowest BCUT2D eigenvalue weighted by atomic mass is 10.2. The van der Waals surface area contributed by atoms with E-state index in [4.69, 9.17) is 0 Å². The van der Waals surface area contributed by atoms with Crippen LogP contribution in [0.25, 0.3) is 0 Å². The first-order valence-electron chi connectivity index (χ1n) is 3.90. The third-order valence-electron chi connectivity index (χ3n) is 2.04. The van der Waals surface area contributed by atoms with E-state index >= 15 is 0 Å². The minimum absolute atomic E-state index is 1.29. The summed E-state index contributed by atoms with van der Waals surface area (Å²) in [4.78, 5) is 0. The Morgan fingerprint density at radius 3 is 2.78 bits per heavy atom. The first-order valence-corrected chi connectivity index (χ1v) is 3.90. The normalized spacial score (nSPS) is 19.3. The quantitative estimate of drug-likeness (QED) is 0.495. The molecule has 0 unspecified atom stereocenters. The smallest absolute Gasteiger partial charge is 0.152 e. The zero-order valence-electron chi connectivity index (χ0n) is 6.48. The van der Waals surface area contributed by atoms with Gasteiger partial charge in [0.15, 0.2) is 5.71 Å². The van der Waals surface area contributed by atoms with Gasteiger partial charge >= 0.3 is 0 Å². The summed E-state index contributed by atoms with van der Waals surface area (Å²) in [6.45, 7) is 3.54. The molecule has 0 radical (unpaired) electrons. The van der Waals surface area contributed by atoms with Gasteiger partial charge in [-0.3, -0.25) is 0 Å². The number of hydrogen-bond donors (Lipinski definition) is 0. The van der Waals surface area contributed by atoms with Crippen molar-refractivity contribution in [2.45, 2.75) is 32.6 Å². The van der Waals surface area contributed by atoms with Crippen molar-refractivity contribution >= 4 is 5.71 Å². The van der Waals surface area contributed by atoms with Gasteiger partial charge in [-0.15, -0.1) is 0 Å². The first-order chi connectivity index (χ1) is 4.34. The summed E-state index contributed by atoms with van der Waals surface area (Å²) in [7, 11) is 2.21. The van der Waals surface area contributed by atoms with E-state index in [9.17, 15) is 0 Å². The van der Waals surface area contributed by atoms with E-state index in [1.54, 1.807) is 5.71 Å². The molecule has 0 amide bonds. The molecular weight excluding hydrogens is 110 g/mol. The Balaban J connectivity index is 2.45. The molecule has 1 heterocycles. The topological polar surface area (TPSA) is 3.01 Å². The van der Waals surface area contributed by atoms with Gasteiger partial charge in [-0.2, -0.15) is 0 Å². The van der Waals surface area contributed by atoms with Crippen molar-refractivity contribution in [3.05, 3.63) is 0 Å². The summed E-state index contributed by atoms with van der Waals surface area (Å²) in [5.74, 6) is 0. The Kier molecular flexibility index (Phi) is 2.26. The van der Waals surface area contributed by atoms with Crippen LogP contribution in [-0.4, -0.2) is 23.9 Å². The van der Waals surface area contributed by atoms with Crippen molar-refractivity contribution in [3.8, 4) is 0 Å². The van der Waals surface area contributed by atoms with Gasteiger partial charge in [0, 0.05) is 19.3 Å². The standard InChI is InChI=1S/C8H16N/c1-3-5-8-6-4-7-9(8)2/h3-7H2,1-2H3/q+1. The Labute approximate surface area is 57.4 Å². The van der Waals surface area contributed by atoms with E-state index in [0.29, 0.717) is 0 Å². The van der Waals surface area contributed by atoms with Gasteiger partial charge in [0.2, 0.25) is 0 Å². The molecule has 0 N–H and O–H groups in total. The van der Waals surface area contributed by atoms with Gasteiger partial charge in [0.1, 0.15) is 13.6 Å². The molecule has 0 aromatic carbocycles. The van der Waals surface area contributed by atoms with Crippen LogP contribution >= 0.6 is 0 Å². The van der Waals surface area contributed by atoms with E-state index in [0.717, 1.165) is 0 Å². The van der Waals surface area contributed by atoms with Crippen molar-refractivity contribution in [1.29, 1.82) is 0 Å². The molecule has 0 aliphatic carbocycles. The Morgan fingerprint density at radius 1 is 1.56 bits per heavy atom. The second-order valence-corrected chi connectivity index (χ2v) is 2.84. The molecule has 0 aromatic rings. The molecule has 0 bridgehead atoms. The Hall–Kier alpha value is -0.330. The minimum Gasteiger partial charge on any atom is -0.240 e. The molecule has 0 saturated heterocycles. The van der Waals surface area contributed by atoms with Crippen molar-refractivity contribution in [3.63, 3.8) is 0 Å². The second kappa shape index (κ2) is 3.00. The Morgan fingerprint density at radius 2 is 2.33 bits per heavy atom. The maximum absolute atomic E-state index is 2.41. The van der Waals surface area contributed by atoms with Gasteiger partial charge in [-0.1, -0.05) is 6.92 Å². The molecule has 1 aliphatic heterocycles. The van der Waals surface area contributed by atoms with Gasteiger partial charge in [0.05, 0.1) is 0 Å². The van der Waals surface area contributed by atoms with Crippen molar-refractivity contribution in [2.75, 3.05) is 13.6 Å². The fraction of sp³-hybridized carbons (Fsp3) is 0.875. The molecule has 0 saturated carbocycles. The van der Waals surface area contributed by atoms with Crippen LogP contribution in [0.15, 0.2) is 0 Å². The molecule has 0 spiro atoms. The number of rotatable bonds is 2. The Bertz CT molecular complexity index is 125. The van der Waals surface area contributed by atoms with Gasteiger partial charge < -0.3 is 0 Å². The van der Waals surface area contributed by atoms with Crippen molar-refractivity contribution < 1.29 is 4.58 Å². The second-order valence-electron chi connectivity index (χ2n) is 2.84. The first kappa shape index (κ1) is 6.79. The van der Waals surface area contributed by atoms with E-state index < -0.39 is 0 Å². The van der Waals surface area contributed by atoms with Gasteiger partial charge in [-0.25, -0.2) is 4.58 Å². The monoisotopic (exact) mass is 126 g/mol. The minimum atomic E-state index is 1.29. The highest BCUT2D eigenvalue weighted by Gasteiger charge is 2.16. The third kappa shape index (κ3) is 1.54. The fourth-order valence-corrected chi connectivity index (χ4v) is 1.47. The van der Waals surface area contributed by atoms with Crippen LogP contribution in [0.2, 0.25) is 0 Å². The highest BCUT2D eigenvalue weighted by Crippen LogP contribution is 2.06. The SMILES string of the molecule is CCCC1=[N+](C)CCC1. The average molecular weight is 126 g/mol. The largest absolute Gasteiger partial charge is 0.240 e. The predicted octanol–water partition coefficient (Wildman–Crippen LogP) is 1.66. The average Bonchev–Trinajstić information content (AvgIpc) is 2.18. The predicted molar refractivity (Wildman–Crippen MR) is 40.2 cm³/mol. The molecule has 0 atom stereocenters. The summed E-state index contributed by atoms with van der Waals surface area (Å²) in [5, 5.41) is 0. The summed E-state index contributed by atoms with van der Waals surface area (Å²) < 4.78 is 2.41. The zero-order valence-corrected chi connectivity index (χ0v) is 6.48. The third-order valence-corrected chi connectivity index (χ3v) is 2.04. The van der Waals surface area contributed by atoms with Crippen molar-refractivity contribution in [1.82, 2.24) is 0 Å². The van der Waals surface area contributed by atoms with Crippen LogP contribution in [0.1, 0.15) is 32.6 Å². The lowest BCUT2D eigenvalue weighted by Gasteiger charge is -1.91. The van der Waals surface area contributed by atoms with Gasteiger partial charge in [0.25, 0.3) is 0 Å². The maximum atomic E-state index is 2.41. The molecule has 0 aromatic heterocycles. The number of nitrogens with zero attached hydrogens (tertiary/aromatic N) is 1. The van der Waals surface area contributed by atoms with Crippen LogP contribution in [0.3, 0.4) is 0 Å². The maximum Gasteiger partial charge on any atom is 0.152 e. The fourth-order valence-electron chi connectivity index (χ4n) is 1.47. The van der Waals surface area contributed by atoms with E-state index in [2.05, 4.69) is 18.5 Å². The lowest BCUT2D eigenvalue weighted by molar-refractivity contribution is -0.489. The molecule has 1 rings (SSSR count). The molecule has 0 fully saturated rings. The molecule has 9 heavy (non-hydrogen) atoms. The van der Waals surface area contributed by atoms with E-state index in [1.165, 1.54) is 32.2 Å². The lowest BCUT2D eigenvalue weighted by Crippen LogP contribution is -2.08. The van der Waals surface area contributed by atoms with Crippen LogP contribution in [0.5, 0.6) is 0 Å². The highest BCUT2D eigenvalue weighted by atomic mass is 15.0. The van der Waals surface area contributed by atoms with Gasteiger partial charge in [-0.05, 0) is 6.42 Å². The van der Waals surface area contributed by atoms with E-state index in [-0.39, 0.29) is 0 Å². The van der Waals surface area contributed by atoms with Crippen LogP contribution in [0, 0.1) is 0 Å². The van der Waals surface area contributed by atoms with Crippen LogP contribution in [-0.2, 0) is 0 Å². The molecular formula is C8H16N+. The summed E-state index contributed by atoms with van der Waals surface area (Å²) >= 11 is 0. The molecule has 1 aliphatic rings. The summed E-state index contributed by atoms with van der Waals surface area (Å²) in [6, 6.07) is 0. The van der Waals surface area contributed by atoms with E-state index in [1.807, 2.05) is 0 Å². The molecule has 1 heteroatoms. The van der Waals surface area contributed by atoms with Crippen LogP contribution < -0.4 is 0 Å². The van der Waals surface area contributed by atoms with Crippen molar-refractivity contribution in [2.24, 2.45) is 0 Å². The zero-order chi connectivity index (χ0) is 6.69. The highest BCUT2D eigenvalue weighted by molar-refractivity contribution is 5.80. The number of hydrogen-bond acceptors (Lipinski definition) is 0. The summed E-state index contributed by atoms with van der Waals surface area (Å²) in [5.41, 5.74) is 1.66. The molecule has 1 nitrogen and oxygen atoms in total.